The standard InChI is InChI=1S/C22H25N3O2/c26-21-14-18(22(27)23-15-17-6-2-1-3-7-17)16-25(21)20-10-8-19(9-11-20)24-12-4-5-13-24/h1-3,6-11,18H,4-5,12-16H2,(H,23,27). The van der Waals surface area contributed by atoms with E-state index in [2.05, 4.69) is 22.3 Å². The molecule has 0 spiro atoms. The van der Waals surface area contributed by atoms with Gasteiger partial charge in [-0.25, -0.2) is 0 Å². The summed E-state index contributed by atoms with van der Waals surface area (Å²) < 4.78 is 0. The van der Waals surface area contributed by atoms with Crippen LogP contribution in [0, 0.1) is 5.92 Å². The Hall–Kier alpha value is -2.82. The smallest absolute Gasteiger partial charge is 0.227 e. The molecule has 1 atom stereocenters. The van der Waals surface area contributed by atoms with Crippen molar-refractivity contribution >= 4 is 23.2 Å². The van der Waals surface area contributed by atoms with Gasteiger partial charge in [-0.05, 0) is 42.7 Å². The number of nitrogens with zero attached hydrogens (tertiary/aromatic N) is 2. The van der Waals surface area contributed by atoms with Crippen molar-refractivity contribution in [2.75, 3.05) is 29.4 Å². The van der Waals surface area contributed by atoms with E-state index in [0.29, 0.717) is 13.1 Å². The maximum atomic E-state index is 12.5. The van der Waals surface area contributed by atoms with Gasteiger partial charge in [0.2, 0.25) is 11.8 Å². The van der Waals surface area contributed by atoms with Crippen molar-refractivity contribution in [3.8, 4) is 0 Å². The molecule has 2 amide bonds. The minimum atomic E-state index is -0.292. The first-order chi connectivity index (χ1) is 13.2. The first-order valence-corrected chi connectivity index (χ1v) is 9.68. The summed E-state index contributed by atoms with van der Waals surface area (Å²) in [6.45, 7) is 3.15. The zero-order valence-corrected chi connectivity index (χ0v) is 15.4. The zero-order valence-electron chi connectivity index (χ0n) is 15.4. The normalized spacial score (nSPS) is 19.6. The summed E-state index contributed by atoms with van der Waals surface area (Å²) in [7, 11) is 0. The molecule has 2 aromatic carbocycles. The van der Waals surface area contributed by atoms with Gasteiger partial charge in [-0.2, -0.15) is 0 Å². The molecule has 2 aliphatic heterocycles. The van der Waals surface area contributed by atoms with Crippen LogP contribution in [-0.4, -0.2) is 31.4 Å². The summed E-state index contributed by atoms with van der Waals surface area (Å²) in [5.74, 6) is -0.327. The Morgan fingerprint density at radius 1 is 0.963 bits per heavy atom. The summed E-state index contributed by atoms with van der Waals surface area (Å²) in [6.07, 6.45) is 2.76. The van der Waals surface area contributed by atoms with Crippen LogP contribution < -0.4 is 15.1 Å². The summed E-state index contributed by atoms with van der Waals surface area (Å²) in [4.78, 5) is 29.0. The van der Waals surface area contributed by atoms with Gasteiger partial charge in [-0.15, -0.1) is 0 Å². The Kier molecular flexibility index (Phi) is 5.10. The highest BCUT2D eigenvalue weighted by Gasteiger charge is 2.35. The van der Waals surface area contributed by atoms with Crippen molar-refractivity contribution in [1.82, 2.24) is 5.32 Å². The molecule has 0 saturated carbocycles. The van der Waals surface area contributed by atoms with E-state index in [-0.39, 0.29) is 24.2 Å². The summed E-state index contributed by atoms with van der Waals surface area (Å²) in [5, 5.41) is 2.96. The fourth-order valence-corrected chi connectivity index (χ4v) is 3.88. The predicted molar refractivity (Wildman–Crippen MR) is 107 cm³/mol. The zero-order chi connectivity index (χ0) is 18.6. The van der Waals surface area contributed by atoms with Crippen molar-refractivity contribution < 1.29 is 9.59 Å². The van der Waals surface area contributed by atoms with Gasteiger partial charge >= 0.3 is 0 Å². The largest absolute Gasteiger partial charge is 0.372 e. The van der Waals surface area contributed by atoms with Crippen LogP contribution in [0.1, 0.15) is 24.8 Å². The first kappa shape index (κ1) is 17.6. The minimum absolute atomic E-state index is 0.0174. The van der Waals surface area contributed by atoms with Crippen LogP contribution in [0.4, 0.5) is 11.4 Å². The summed E-state index contributed by atoms with van der Waals surface area (Å²) >= 11 is 0. The van der Waals surface area contributed by atoms with E-state index in [4.69, 9.17) is 0 Å². The van der Waals surface area contributed by atoms with E-state index in [1.807, 2.05) is 42.5 Å². The number of carbonyl (C=O) groups excluding carboxylic acids is 2. The number of nitrogens with one attached hydrogen (secondary N) is 1. The topological polar surface area (TPSA) is 52.7 Å². The van der Waals surface area contributed by atoms with Gasteiger partial charge in [0.1, 0.15) is 0 Å². The molecule has 1 N–H and O–H groups in total. The fraction of sp³-hybridized carbons (Fsp3) is 0.364. The molecule has 0 aromatic heterocycles. The first-order valence-electron chi connectivity index (χ1n) is 9.68. The van der Waals surface area contributed by atoms with E-state index in [1.54, 1.807) is 4.90 Å². The number of hydrogen-bond acceptors (Lipinski definition) is 3. The Labute approximate surface area is 160 Å². The molecule has 1 unspecified atom stereocenters. The Bertz CT molecular complexity index is 798. The summed E-state index contributed by atoms with van der Waals surface area (Å²) in [5.41, 5.74) is 3.14. The average Bonchev–Trinajstić information content (AvgIpc) is 3.37. The van der Waals surface area contributed by atoms with Crippen LogP contribution in [0.5, 0.6) is 0 Å². The lowest BCUT2D eigenvalue weighted by Gasteiger charge is -2.20. The molecule has 4 rings (SSSR count). The highest BCUT2D eigenvalue weighted by molar-refractivity contribution is 6.00. The van der Waals surface area contributed by atoms with Crippen molar-refractivity contribution in [2.45, 2.75) is 25.8 Å². The van der Waals surface area contributed by atoms with Gasteiger partial charge in [-0.3, -0.25) is 9.59 Å². The highest BCUT2D eigenvalue weighted by atomic mass is 16.2. The Morgan fingerprint density at radius 3 is 2.33 bits per heavy atom. The van der Waals surface area contributed by atoms with E-state index in [9.17, 15) is 9.59 Å². The molecule has 140 valence electrons. The molecule has 27 heavy (non-hydrogen) atoms. The third kappa shape index (κ3) is 3.97. The molecule has 5 nitrogen and oxygen atoms in total. The lowest BCUT2D eigenvalue weighted by Crippen LogP contribution is -2.32. The molecule has 2 fully saturated rings. The van der Waals surface area contributed by atoms with Gasteiger partial charge in [0.25, 0.3) is 0 Å². The molecule has 2 aliphatic rings. The monoisotopic (exact) mass is 363 g/mol. The van der Waals surface area contributed by atoms with Gasteiger partial charge in [-0.1, -0.05) is 30.3 Å². The van der Waals surface area contributed by atoms with Crippen LogP contribution in [-0.2, 0) is 16.1 Å². The molecule has 5 heteroatoms. The Morgan fingerprint density at radius 2 is 1.63 bits per heavy atom. The van der Waals surface area contributed by atoms with Crippen LogP contribution in [0.2, 0.25) is 0 Å². The van der Waals surface area contributed by atoms with Crippen LogP contribution >= 0.6 is 0 Å². The minimum Gasteiger partial charge on any atom is -0.372 e. The van der Waals surface area contributed by atoms with E-state index in [1.165, 1.54) is 18.5 Å². The number of anilines is 2. The predicted octanol–water partition coefficient (Wildman–Crippen LogP) is 2.96. The number of rotatable bonds is 5. The second-order valence-corrected chi connectivity index (χ2v) is 7.32. The SMILES string of the molecule is O=C(NCc1ccccc1)C1CC(=O)N(c2ccc(N3CCCC3)cc2)C1. The molecule has 0 bridgehead atoms. The number of benzene rings is 2. The van der Waals surface area contributed by atoms with Crippen molar-refractivity contribution in [3.63, 3.8) is 0 Å². The van der Waals surface area contributed by atoms with Crippen molar-refractivity contribution in [1.29, 1.82) is 0 Å². The molecule has 0 radical (unpaired) electrons. The molecular weight excluding hydrogens is 338 g/mol. The third-order valence-electron chi connectivity index (χ3n) is 5.44. The fourth-order valence-electron chi connectivity index (χ4n) is 3.88. The number of amides is 2. The van der Waals surface area contributed by atoms with Crippen LogP contribution in [0.25, 0.3) is 0 Å². The lowest BCUT2D eigenvalue weighted by molar-refractivity contribution is -0.126. The van der Waals surface area contributed by atoms with Crippen LogP contribution in [0.3, 0.4) is 0 Å². The third-order valence-corrected chi connectivity index (χ3v) is 5.44. The van der Waals surface area contributed by atoms with Gasteiger partial charge in [0.15, 0.2) is 0 Å². The lowest BCUT2D eigenvalue weighted by atomic mass is 10.1. The quantitative estimate of drug-likeness (QED) is 0.889. The molecule has 2 saturated heterocycles. The van der Waals surface area contributed by atoms with Gasteiger partial charge in [0, 0.05) is 44.0 Å². The van der Waals surface area contributed by atoms with Crippen molar-refractivity contribution in [2.24, 2.45) is 5.92 Å². The number of hydrogen-bond donors (Lipinski definition) is 1. The molecule has 2 aromatic rings. The average molecular weight is 363 g/mol. The van der Waals surface area contributed by atoms with Crippen LogP contribution in [0.15, 0.2) is 54.6 Å². The maximum absolute atomic E-state index is 12.5. The van der Waals surface area contributed by atoms with Gasteiger partial charge in [0.05, 0.1) is 5.92 Å². The Balaban J connectivity index is 1.36. The molecular formula is C22H25N3O2. The van der Waals surface area contributed by atoms with Gasteiger partial charge < -0.3 is 15.1 Å². The van der Waals surface area contributed by atoms with Crippen molar-refractivity contribution in [3.05, 3.63) is 60.2 Å². The molecule has 2 heterocycles. The second kappa shape index (κ2) is 7.82. The molecule has 0 aliphatic carbocycles. The van der Waals surface area contributed by atoms with E-state index in [0.717, 1.165) is 24.3 Å². The maximum Gasteiger partial charge on any atom is 0.227 e. The van der Waals surface area contributed by atoms with E-state index < -0.39 is 0 Å². The van der Waals surface area contributed by atoms with E-state index >= 15 is 0 Å². The number of carbonyl (C=O) groups is 2. The highest BCUT2D eigenvalue weighted by Crippen LogP contribution is 2.28. The second-order valence-electron chi connectivity index (χ2n) is 7.32. The summed E-state index contributed by atoms with van der Waals surface area (Å²) in [6, 6.07) is 18.0.